The maximum atomic E-state index is 12.7. The number of rotatable bonds is 7. The van der Waals surface area contributed by atoms with Crippen molar-refractivity contribution in [2.45, 2.75) is 33.1 Å². The highest BCUT2D eigenvalue weighted by atomic mass is 19.3. The SMILES string of the molecule is CC(C)Oc1cc(-c2nc(CN3C(=O)c4ccccc4C3=O)co2)ccc1OC(F)F. The van der Waals surface area contributed by atoms with Crippen LogP contribution >= 0.6 is 0 Å². The van der Waals surface area contributed by atoms with Gasteiger partial charge in [0, 0.05) is 5.56 Å². The lowest BCUT2D eigenvalue weighted by atomic mass is 10.1. The van der Waals surface area contributed by atoms with E-state index in [1.165, 1.54) is 24.5 Å². The predicted molar refractivity (Wildman–Crippen MR) is 105 cm³/mol. The monoisotopic (exact) mass is 428 g/mol. The number of oxazole rings is 1. The third-order valence-corrected chi connectivity index (χ3v) is 4.52. The first kappa shape index (κ1) is 20.5. The lowest BCUT2D eigenvalue weighted by Crippen LogP contribution is -2.29. The van der Waals surface area contributed by atoms with Crippen molar-refractivity contribution in [2.24, 2.45) is 0 Å². The minimum Gasteiger partial charge on any atom is -0.487 e. The molecular weight excluding hydrogens is 410 g/mol. The van der Waals surface area contributed by atoms with Crippen LogP contribution in [-0.4, -0.2) is 34.4 Å². The minimum atomic E-state index is -2.99. The third kappa shape index (κ3) is 4.11. The Balaban J connectivity index is 1.56. The molecule has 1 aromatic heterocycles. The van der Waals surface area contributed by atoms with Crippen molar-refractivity contribution in [3.63, 3.8) is 0 Å². The Morgan fingerprint density at radius 1 is 1.00 bits per heavy atom. The van der Waals surface area contributed by atoms with E-state index in [1.54, 1.807) is 38.1 Å². The zero-order valence-electron chi connectivity index (χ0n) is 16.7. The van der Waals surface area contributed by atoms with Crippen molar-refractivity contribution in [2.75, 3.05) is 0 Å². The summed E-state index contributed by atoms with van der Waals surface area (Å²) in [6.45, 7) is 0.458. The van der Waals surface area contributed by atoms with E-state index in [-0.39, 0.29) is 30.0 Å². The van der Waals surface area contributed by atoms with Crippen LogP contribution in [-0.2, 0) is 6.54 Å². The second-order valence-corrected chi connectivity index (χ2v) is 7.09. The number of nitrogens with zero attached hydrogens (tertiary/aromatic N) is 2. The number of amides is 2. The summed E-state index contributed by atoms with van der Waals surface area (Å²) in [7, 11) is 0. The van der Waals surface area contributed by atoms with Crippen LogP contribution in [0, 0.1) is 0 Å². The molecule has 9 heteroatoms. The second-order valence-electron chi connectivity index (χ2n) is 7.09. The first-order valence-electron chi connectivity index (χ1n) is 9.49. The van der Waals surface area contributed by atoms with Crippen LogP contribution in [0.25, 0.3) is 11.5 Å². The molecule has 1 aliphatic rings. The molecule has 0 atom stereocenters. The Bertz CT molecular complexity index is 1110. The molecule has 0 spiro atoms. The topological polar surface area (TPSA) is 81.9 Å². The standard InChI is InChI=1S/C22H18F2N2O5/c1-12(2)30-18-9-13(7-8-17(18)31-22(23)24)19-25-14(11-29-19)10-26-20(27)15-5-3-4-6-16(15)21(26)28/h3-9,11-12,22H,10H2,1-2H3. The summed E-state index contributed by atoms with van der Waals surface area (Å²) in [6, 6.07) is 10.9. The molecule has 31 heavy (non-hydrogen) atoms. The summed E-state index contributed by atoms with van der Waals surface area (Å²) in [5.74, 6) is -0.598. The fourth-order valence-corrected chi connectivity index (χ4v) is 3.24. The van der Waals surface area contributed by atoms with Gasteiger partial charge >= 0.3 is 6.61 Å². The quantitative estimate of drug-likeness (QED) is 0.515. The van der Waals surface area contributed by atoms with E-state index in [0.717, 1.165) is 4.90 Å². The fraction of sp³-hybridized carbons (Fsp3) is 0.227. The van der Waals surface area contributed by atoms with Crippen LogP contribution in [0.4, 0.5) is 8.78 Å². The van der Waals surface area contributed by atoms with Crippen molar-refractivity contribution in [1.29, 1.82) is 0 Å². The molecule has 2 aromatic carbocycles. The number of aromatic nitrogens is 1. The average Bonchev–Trinajstić information content (AvgIpc) is 3.28. The first-order valence-corrected chi connectivity index (χ1v) is 9.49. The van der Waals surface area contributed by atoms with Crippen LogP contribution in [0.2, 0.25) is 0 Å². The Kier molecular flexibility index (Phi) is 5.41. The molecule has 0 saturated carbocycles. The minimum absolute atomic E-state index is 0.0578. The van der Waals surface area contributed by atoms with Gasteiger partial charge in [0.15, 0.2) is 11.5 Å². The van der Waals surface area contributed by atoms with E-state index in [4.69, 9.17) is 9.15 Å². The zero-order chi connectivity index (χ0) is 22.1. The van der Waals surface area contributed by atoms with Gasteiger partial charge < -0.3 is 13.9 Å². The van der Waals surface area contributed by atoms with Gasteiger partial charge in [-0.25, -0.2) is 4.98 Å². The number of hydrogen-bond acceptors (Lipinski definition) is 6. The van der Waals surface area contributed by atoms with E-state index in [1.807, 2.05) is 0 Å². The molecule has 0 bridgehead atoms. The largest absolute Gasteiger partial charge is 0.487 e. The Morgan fingerprint density at radius 3 is 2.29 bits per heavy atom. The van der Waals surface area contributed by atoms with Gasteiger partial charge in [0.1, 0.15) is 6.26 Å². The van der Waals surface area contributed by atoms with Crippen molar-refractivity contribution >= 4 is 11.8 Å². The number of alkyl halides is 2. The van der Waals surface area contributed by atoms with Crippen molar-refractivity contribution in [3.8, 4) is 23.0 Å². The number of carbonyl (C=O) groups is 2. The summed E-state index contributed by atoms with van der Waals surface area (Å²) < 4.78 is 40.8. The number of fused-ring (bicyclic) bond motifs is 1. The molecule has 2 heterocycles. The molecule has 0 N–H and O–H groups in total. The van der Waals surface area contributed by atoms with Crippen LogP contribution in [0.5, 0.6) is 11.5 Å². The number of benzene rings is 2. The zero-order valence-corrected chi connectivity index (χ0v) is 16.7. The molecule has 0 saturated heterocycles. The highest BCUT2D eigenvalue weighted by Gasteiger charge is 2.35. The Labute approximate surface area is 176 Å². The molecule has 3 aromatic rings. The smallest absolute Gasteiger partial charge is 0.387 e. The lowest BCUT2D eigenvalue weighted by molar-refractivity contribution is -0.0518. The molecule has 160 valence electrons. The third-order valence-electron chi connectivity index (χ3n) is 4.52. The van der Waals surface area contributed by atoms with Gasteiger partial charge in [0.25, 0.3) is 11.8 Å². The summed E-state index contributed by atoms with van der Waals surface area (Å²) in [4.78, 5) is 30.5. The summed E-state index contributed by atoms with van der Waals surface area (Å²) in [6.07, 6.45) is 1.06. The molecule has 0 radical (unpaired) electrons. The maximum Gasteiger partial charge on any atom is 0.387 e. The molecule has 0 unspecified atom stereocenters. The fourth-order valence-electron chi connectivity index (χ4n) is 3.24. The van der Waals surface area contributed by atoms with Crippen molar-refractivity contribution in [1.82, 2.24) is 9.88 Å². The van der Waals surface area contributed by atoms with E-state index in [2.05, 4.69) is 9.72 Å². The molecule has 1 aliphatic heterocycles. The summed E-state index contributed by atoms with van der Waals surface area (Å²) in [5, 5.41) is 0. The molecule has 0 fully saturated rings. The van der Waals surface area contributed by atoms with Gasteiger partial charge in [-0.3, -0.25) is 14.5 Å². The van der Waals surface area contributed by atoms with Crippen molar-refractivity contribution < 1.29 is 32.3 Å². The molecule has 7 nitrogen and oxygen atoms in total. The Morgan fingerprint density at radius 2 is 1.68 bits per heavy atom. The van der Waals surface area contributed by atoms with E-state index < -0.39 is 18.4 Å². The number of ether oxygens (including phenoxy) is 2. The van der Waals surface area contributed by atoms with E-state index in [0.29, 0.717) is 22.4 Å². The summed E-state index contributed by atoms with van der Waals surface area (Å²) in [5.41, 5.74) is 1.53. The van der Waals surface area contributed by atoms with Gasteiger partial charge in [-0.05, 0) is 44.2 Å². The molecule has 4 rings (SSSR count). The van der Waals surface area contributed by atoms with Crippen LogP contribution < -0.4 is 9.47 Å². The van der Waals surface area contributed by atoms with Gasteiger partial charge in [-0.15, -0.1) is 0 Å². The van der Waals surface area contributed by atoms with Crippen molar-refractivity contribution in [3.05, 3.63) is 65.5 Å². The maximum absolute atomic E-state index is 12.7. The summed E-state index contributed by atoms with van der Waals surface area (Å²) >= 11 is 0. The number of carbonyl (C=O) groups excluding carboxylic acids is 2. The van der Waals surface area contributed by atoms with Crippen LogP contribution in [0.1, 0.15) is 40.3 Å². The normalized spacial score (nSPS) is 13.3. The second kappa shape index (κ2) is 8.17. The molecule has 2 amide bonds. The number of hydrogen-bond donors (Lipinski definition) is 0. The number of imide groups is 1. The Hall–Kier alpha value is -3.75. The number of halogens is 2. The van der Waals surface area contributed by atoms with Gasteiger partial charge in [0.2, 0.25) is 5.89 Å². The van der Waals surface area contributed by atoms with E-state index >= 15 is 0 Å². The lowest BCUT2D eigenvalue weighted by Gasteiger charge is -2.15. The van der Waals surface area contributed by atoms with Gasteiger partial charge in [0.05, 0.1) is 29.5 Å². The average molecular weight is 428 g/mol. The predicted octanol–water partition coefficient (Wildman–Crippen LogP) is 4.53. The van der Waals surface area contributed by atoms with E-state index in [9.17, 15) is 18.4 Å². The molecule has 0 aliphatic carbocycles. The highest BCUT2D eigenvalue weighted by molar-refractivity contribution is 6.21. The van der Waals surface area contributed by atoms with Crippen LogP contribution in [0.3, 0.4) is 0 Å². The first-order chi connectivity index (χ1) is 14.8. The van der Waals surface area contributed by atoms with Gasteiger partial charge in [-0.1, -0.05) is 12.1 Å². The van der Waals surface area contributed by atoms with Gasteiger partial charge in [-0.2, -0.15) is 8.78 Å². The highest BCUT2D eigenvalue weighted by Crippen LogP contribution is 2.34. The molecular formula is C22H18F2N2O5. The van der Waals surface area contributed by atoms with Crippen LogP contribution in [0.15, 0.2) is 53.1 Å².